The Morgan fingerprint density at radius 2 is 1.36 bits per heavy atom. The van der Waals surface area contributed by atoms with E-state index in [4.69, 9.17) is 7.16 Å². The van der Waals surface area contributed by atoms with Crippen LogP contribution in [0.2, 0.25) is 0 Å². The fraction of sp³-hybridized carbons (Fsp3) is 0.216. The van der Waals surface area contributed by atoms with E-state index in [2.05, 4.69) is 91.5 Å². The molecule has 0 aliphatic heterocycles. The summed E-state index contributed by atoms with van der Waals surface area (Å²) >= 11 is 0. The van der Waals surface area contributed by atoms with E-state index in [9.17, 15) is 0 Å². The van der Waals surface area contributed by atoms with E-state index < -0.39 is 11.8 Å². The Morgan fingerprint density at radius 1 is 0.667 bits per heavy atom. The summed E-state index contributed by atoms with van der Waals surface area (Å²) in [7, 11) is 2.06. The normalized spacial score (nSPS) is 13.1. The summed E-state index contributed by atoms with van der Waals surface area (Å²) in [6.07, 6.45) is 2.08. The van der Waals surface area contributed by atoms with Gasteiger partial charge in [-0.3, -0.25) is 0 Å². The number of aromatic nitrogens is 1. The van der Waals surface area contributed by atoms with Crippen LogP contribution < -0.4 is 4.57 Å². The van der Waals surface area contributed by atoms with E-state index in [1.165, 1.54) is 0 Å². The van der Waals surface area contributed by atoms with Crippen LogP contribution in [0.1, 0.15) is 58.9 Å². The molecule has 0 aliphatic carbocycles. The number of pyridine rings is 1. The van der Waals surface area contributed by atoms with Gasteiger partial charge in [0.05, 0.1) is 5.56 Å². The van der Waals surface area contributed by atoms with Gasteiger partial charge in [-0.2, -0.15) is 0 Å². The average Bonchev–Trinajstić information content (AvgIpc) is 3.30. The van der Waals surface area contributed by atoms with E-state index in [1.54, 1.807) is 0 Å². The first-order valence-corrected chi connectivity index (χ1v) is 13.6. The zero-order chi connectivity index (χ0) is 29.1. The molecule has 0 bridgehead atoms. The predicted octanol–water partition coefficient (Wildman–Crippen LogP) is 9.97. The van der Waals surface area contributed by atoms with Gasteiger partial charge in [-0.1, -0.05) is 94.4 Å². The fourth-order valence-electron chi connectivity index (χ4n) is 5.74. The summed E-state index contributed by atoms with van der Waals surface area (Å²) in [4.78, 5) is 0. The molecule has 2 heteroatoms. The topological polar surface area (TPSA) is 17.0 Å². The Morgan fingerprint density at radius 3 is 2.05 bits per heavy atom. The third-order valence-electron chi connectivity index (χ3n) is 7.79. The molecular weight excluding hydrogens is 474 g/mol. The van der Waals surface area contributed by atoms with Gasteiger partial charge in [-0.05, 0) is 69.8 Å². The van der Waals surface area contributed by atoms with Gasteiger partial charge in [0.1, 0.15) is 18.2 Å². The monoisotopic (exact) mass is 512 g/mol. The van der Waals surface area contributed by atoms with E-state index >= 15 is 0 Å². The van der Waals surface area contributed by atoms with Crippen LogP contribution in [0.25, 0.3) is 55.4 Å². The molecule has 0 spiro atoms. The van der Waals surface area contributed by atoms with E-state index in [0.29, 0.717) is 0 Å². The van der Waals surface area contributed by atoms with Crippen molar-refractivity contribution >= 4 is 21.9 Å². The van der Waals surface area contributed by atoms with Crippen LogP contribution in [0, 0.1) is 6.92 Å². The van der Waals surface area contributed by atoms with Crippen molar-refractivity contribution in [3.05, 3.63) is 114 Å². The molecular formula is C37H36NO+. The highest BCUT2D eigenvalue weighted by molar-refractivity contribution is 6.10. The largest absolute Gasteiger partial charge is 0.455 e. The highest BCUT2D eigenvalue weighted by Gasteiger charge is 2.23. The SMILES string of the molecule is [2H]C(C)(C)c1cccc(C([2H])(C)C)c1-c1cc[n+](C)c(-c2c(C)ccc3c2oc2cc(-c4ccccc4)ccc23)c1. The minimum atomic E-state index is -0.820. The van der Waals surface area contributed by atoms with Gasteiger partial charge in [0, 0.05) is 25.6 Å². The molecule has 194 valence electrons. The number of fused-ring (bicyclic) bond motifs is 3. The molecule has 0 unspecified atom stereocenters. The molecule has 0 amide bonds. The summed E-state index contributed by atoms with van der Waals surface area (Å²) < 4.78 is 26.6. The molecule has 2 nitrogen and oxygen atoms in total. The first-order valence-electron chi connectivity index (χ1n) is 14.6. The lowest BCUT2D eigenvalue weighted by atomic mass is 9.85. The van der Waals surface area contributed by atoms with Crippen LogP contribution in [0.3, 0.4) is 0 Å². The number of furan rings is 1. The molecule has 2 heterocycles. The molecule has 0 saturated heterocycles. The minimum absolute atomic E-state index is 0.820. The highest BCUT2D eigenvalue weighted by Crippen LogP contribution is 2.41. The van der Waals surface area contributed by atoms with Crippen molar-refractivity contribution in [1.29, 1.82) is 0 Å². The zero-order valence-electron chi connectivity index (χ0n) is 25.6. The third kappa shape index (κ3) is 4.34. The van der Waals surface area contributed by atoms with Crippen LogP contribution in [-0.4, -0.2) is 0 Å². The first kappa shape index (κ1) is 22.8. The summed E-state index contributed by atoms with van der Waals surface area (Å²) in [5, 5.41) is 2.19. The maximum atomic E-state index is 8.93. The van der Waals surface area contributed by atoms with Gasteiger partial charge >= 0.3 is 0 Å². The van der Waals surface area contributed by atoms with Crippen molar-refractivity contribution < 1.29 is 11.7 Å². The van der Waals surface area contributed by atoms with Crippen molar-refractivity contribution in [3.63, 3.8) is 0 Å². The van der Waals surface area contributed by atoms with Crippen molar-refractivity contribution in [1.82, 2.24) is 0 Å². The molecule has 4 aromatic carbocycles. The van der Waals surface area contributed by atoms with Crippen molar-refractivity contribution in [3.8, 4) is 33.5 Å². The Labute approximate surface area is 234 Å². The van der Waals surface area contributed by atoms with Crippen LogP contribution in [0.4, 0.5) is 0 Å². The van der Waals surface area contributed by atoms with E-state index in [0.717, 1.165) is 72.1 Å². The van der Waals surface area contributed by atoms with Gasteiger partial charge in [0.15, 0.2) is 6.20 Å². The Bertz CT molecular complexity index is 1890. The quantitative estimate of drug-likeness (QED) is 0.210. The summed E-state index contributed by atoms with van der Waals surface area (Å²) in [6.45, 7) is 9.79. The van der Waals surface area contributed by atoms with Crippen molar-refractivity contribution in [2.75, 3.05) is 0 Å². The van der Waals surface area contributed by atoms with Gasteiger partial charge in [-0.25, -0.2) is 4.57 Å². The van der Waals surface area contributed by atoms with Gasteiger partial charge in [-0.15, -0.1) is 0 Å². The maximum absolute atomic E-state index is 8.93. The second-order valence-electron chi connectivity index (χ2n) is 11.0. The Hall–Kier alpha value is -4.17. The van der Waals surface area contributed by atoms with E-state index in [-0.39, 0.29) is 0 Å². The number of aryl methyl sites for hydroxylation is 2. The molecule has 2 aromatic heterocycles. The van der Waals surface area contributed by atoms with Crippen LogP contribution in [0.5, 0.6) is 0 Å². The number of nitrogens with zero attached hydrogens (tertiary/aromatic N) is 1. The molecule has 0 saturated carbocycles. The van der Waals surface area contributed by atoms with Crippen molar-refractivity contribution in [2.45, 2.75) is 46.4 Å². The second kappa shape index (κ2) is 9.85. The van der Waals surface area contributed by atoms with Crippen LogP contribution in [-0.2, 0) is 7.05 Å². The first-order chi connectivity index (χ1) is 19.4. The van der Waals surface area contributed by atoms with Crippen LogP contribution in [0.15, 0.2) is 102 Å². The minimum Gasteiger partial charge on any atom is -0.455 e. The molecule has 0 atom stereocenters. The standard InChI is InChI=1S/C37H36NO/c1-23(2)29-13-10-14-30(24(3)4)36(29)28-19-20-38(6)33(21-28)35-25(5)15-17-32-31-18-16-27(22-34(31)39-37(32)35)26-11-8-7-9-12-26/h7-24H,1-6H3/q+1/i23D,24D. The Balaban J connectivity index is 1.60. The summed E-state index contributed by atoms with van der Waals surface area (Å²) in [5.74, 6) is -1.64. The molecule has 0 aliphatic rings. The summed E-state index contributed by atoms with van der Waals surface area (Å²) in [6, 6.07) is 31.5. The zero-order valence-corrected chi connectivity index (χ0v) is 23.6. The molecule has 0 fully saturated rings. The summed E-state index contributed by atoms with van der Waals surface area (Å²) in [5.41, 5.74) is 11.0. The maximum Gasteiger partial charge on any atom is 0.216 e. The van der Waals surface area contributed by atoms with Crippen LogP contribution >= 0.6 is 0 Å². The average molecular weight is 513 g/mol. The number of hydrogen-bond acceptors (Lipinski definition) is 1. The second-order valence-corrected chi connectivity index (χ2v) is 11.0. The number of rotatable bonds is 5. The van der Waals surface area contributed by atoms with E-state index in [1.807, 2.05) is 52.0 Å². The Kier molecular flexibility index (Phi) is 5.76. The highest BCUT2D eigenvalue weighted by atomic mass is 16.3. The van der Waals surface area contributed by atoms with Gasteiger partial charge in [0.25, 0.3) is 0 Å². The molecule has 6 rings (SSSR count). The number of benzene rings is 4. The van der Waals surface area contributed by atoms with Crippen molar-refractivity contribution in [2.24, 2.45) is 7.05 Å². The third-order valence-corrected chi connectivity index (χ3v) is 7.79. The smallest absolute Gasteiger partial charge is 0.216 e. The lowest BCUT2D eigenvalue weighted by Crippen LogP contribution is -2.30. The lowest BCUT2D eigenvalue weighted by Gasteiger charge is -2.20. The lowest BCUT2D eigenvalue weighted by molar-refractivity contribution is -0.660. The number of hydrogen-bond donors (Lipinski definition) is 0. The predicted molar refractivity (Wildman–Crippen MR) is 164 cm³/mol. The molecule has 0 radical (unpaired) electrons. The fourth-order valence-corrected chi connectivity index (χ4v) is 5.74. The molecule has 39 heavy (non-hydrogen) atoms. The molecule has 6 aromatic rings. The van der Waals surface area contributed by atoms with Gasteiger partial charge in [0.2, 0.25) is 5.69 Å². The van der Waals surface area contributed by atoms with Gasteiger partial charge < -0.3 is 4.42 Å². The molecule has 0 N–H and O–H groups in total.